The number of nitrogens with zero attached hydrogens (tertiary/aromatic N) is 3. The zero-order valence-electron chi connectivity index (χ0n) is 14.4. The molecule has 0 unspecified atom stereocenters. The molecule has 1 aromatic heterocycles. The molecular formula is C19H20ClN3O3. The minimum Gasteiger partial charge on any atom is -0.491 e. The lowest BCUT2D eigenvalue weighted by molar-refractivity contribution is 0.00551. The van der Waals surface area contributed by atoms with Crippen LogP contribution in [0.15, 0.2) is 54.9 Å². The quantitative estimate of drug-likeness (QED) is 0.657. The zero-order valence-corrected chi connectivity index (χ0v) is 15.1. The number of hydrogen-bond donors (Lipinski definition) is 1. The van der Waals surface area contributed by atoms with Crippen LogP contribution in [0.2, 0.25) is 5.02 Å². The van der Waals surface area contributed by atoms with Gasteiger partial charge in [0.25, 0.3) is 0 Å². The van der Waals surface area contributed by atoms with Gasteiger partial charge in [-0.1, -0.05) is 29.8 Å². The van der Waals surface area contributed by atoms with Gasteiger partial charge in [0.15, 0.2) is 5.82 Å². The molecule has 1 atom stereocenters. The van der Waals surface area contributed by atoms with Gasteiger partial charge in [0.2, 0.25) is 0 Å². The lowest BCUT2D eigenvalue weighted by Crippen LogP contribution is -2.23. The predicted molar refractivity (Wildman–Crippen MR) is 99.0 cm³/mol. The lowest BCUT2D eigenvalue weighted by Gasteiger charge is -2.13. The van der Waals surface area contributed by atoms with E-state index >= 15 is 0 Å². The Bertz CT molecular complexity index is 836. The number of benzene rings is 2. The van der Waals surface area contributed by atoms with Gasteiger partial charge in [-0.2, -0.15) is 5.10 Å². The van der Waals surface area contributed by atoms with Crippen LogP contribution in [0.4, 0.5) is 0 Å². The van der Waals surface area contributed by atoms with Gasteiger partial charge in [0, 0.05) is 17.6 Å². The molecule has 26 heavy (non-hydrogen) atoms. The highest BCUT2D eigenvalue weighted by molar-refractivity contribution is 6.31. The van der Waals surface area contributed by atoms with Crippen LogP contribution >= 0.6 is 11.6 Å². The van der Waals surface area contributed by atoms with Crippen molar-refractivity contribution in [2.75, 3.05) is 13.2 Å². The molecule has 136 valence electrons. The van der Waals surface area contributed by atoms with Crippen molar-refractivity contribution in [1.82, 2.24) is 14.8 Å². The van der Waals surface area contributed by atoms with E-state index in [1.165, 1.54) is 0 Å². The first-order valence-electron chi connectivity index (χ1n) is 8.20. The number of rotatable bonds is 8. The third kappa shape index (κ3) is 5.05. The van der Waals surface area contributed by atoms with Crippen molar-refractivity contribution in [3.8, 4) is 17.1 Å². The third-order valence-corrected chi connectivity index (χ3v) is 4.05. The summed E-state index contributed by atoms with van der Waals surface area (Å²) < 4.78 is 12.7. The number of aliphatic hydroxyl groups excluding tert-OH is 1. The van der Waals surface area contributed by atoms with Crippen LogP contribution in [0.5, 0.6) is 5.75 Å². The van der Waals surface area contributed by atoms with Gasteiger partial charge in [-0.15, -0.1) is 0 Å². The second kappa shape index (κ2) is 8.80. The molecule has 0 bridgehead atoms. The van der Waals surface area contributed by atoms with E-state index in [1.807, 2.05) is 55.6 Å². The molecule has 0 saturated carbocycles. The predicted octanol–water partition coefficient (Wildman–Crippen LogP) is 3.09. The normalized spacial score (nSPS) is 12.1. The summed E-state index contributed by atoms with van der Waals surface area (Å²) in [5, 5.41) is 14.9. The number of aliphatic hydroxyl groups is 1. The van der Waals surface area contributed by atoms with E-state index < -0.39 is 6.10 Å². The van der Waals surface area contributed by atoms with Crippen LogP contribution in [-0.2, 0) is 18.4 Å². The summed E-state index contributed by atoms with van der Waals surface area (Å²) >= 11 is 6.06. The Kier molecular flexibility index (Phi) is 6.22. The van der Waals surface area contributed by atoms with Crippen molar-refractivity contribution in [3.05, 3.63) is 65.4 Å². The highest BCUT2D eigenvalue weighted by Gasteiger charge is 2.08. The van der Waals surface area contributed by atoms with E-state index in [-0.39, 0.29) is 13.2 Å². The van der Waals surface area contributed by atoms with E-state index in [0.29, 0.717) is 23.2 Å². The molecule has 0 radical (unpaired) electrons. The molecule has 0 amide bonds. The number of aryl methyl sites for hydroxylation is 1. The van der Waals surface area contributed by atoms with E-state index in [0.717, 1.165) is 11.1 Å². The molecular weight excluding hydrogens is 354 g/mol. The highest BCUT2D eigenvalue weighted by atomic mass is 35.5. The van der Waals surface area contributed by atoms with Crippen molar-refractivity contribution < 1.29 is 14.6 Å². The Labute approximate surface area is 157 Å². The summed E-state index contributed by atoms with van der Waals surface area (Å²) in [6, 6.07) is 14.9. The first-order valence-corrected chi connectivity index (χ1v) is 8.57. The van der Waals surface area contributed by atoms with Crippen LogP contribution in [0.3, 0.4) is 0 Å². The zero-order chi connectivity index (χ0) is 18.4. The molecule has 0 aliphatic heterocycles. The minimum absolute atomic E-state index is 0.143. The molecule has 3 rings (SSSR count). The Morgan fingerprint density at radius 2 is 1.88 bits per heavy atom. The molecule has 6 nitrogen and oxygen atoms in total. The highest BCUT2D eigenvalue weighted by Crippen LogP contribution is 2.19. The molecule has 2 aromatic carbocycles. The maximum Gasteiger partial charge on any atom is 0.181 e. The minimum atomic E-state index is -0.727. The Morgan fingerprint density at radius 3 is 2.58 bits per heavy atom. The fourth-order valence-corrected chi connectivity index (χ4v) is 2.52. The maximum absolute atomic E-state index is 9.99. The lowest BCUT2D eigenvalue weighted by atomic mass is 10.2. The van der Waals surface area contributed by atoms with E-state index in [9.17, 15) is 5.11 Å². The second-order valence-corrected chi connectivity index (χ2v) is 6.24. The average Bonchev–Trinajstić information content (AvgIpc) is 3.08. The van der Waals surface area contributed by atoms with Crippen LogP contribution in [-0.4, -0.2) is 39.2 Å². The van der Waals surface area contributed by atoms with Crippen molar-refractivity contribution in [2.24, 2.45) is 7.05 Å². The van der Waals surface area contributed by atoms with Crippen molar-refractivity contribution in [2.45, 2.75) is 12.7 Å². The van der Waals surface area contributed by atoms with E-state index in [1.54, 1.807) is 11.0 Å². The Hall–Kier alpha value is -2.41. The summed E-state index contributed by atoms with van der Waals surface area (Å²) in [6.07, 6.45) is 0.924. The van der Waals surface area contributed by atoms with Gasteiger partial charge >= 0.3 is 0 Å². The molecule has 0 aliphatic carbocycles. The van der Waals surface area contributed by atoms with Crippen molar-refractivity contribution in [1.29, 1.82) is 0 Å². The topological polar surface area (TPSA) is 69.4 Å². The number of hydrogen-bond acceptors (Lipinski definition) is 5. The molecule has 0 saturated heterocycles. The van der Waals surface area contributed by atoms with E-state index in [2.05, 4.69) is 10.1 Å². The molecule has 3 aromatic rings. The molecule has 0 aliphatic rings. The molecule has 0 spiro atoms. The fraction of sp³-hybridized carbons (Fsp3) is 0.263. The Morgan fingerprint density at radius 1 is 1.12 bits per heavy atom. The summed E-state index contributed by atoms with van der Waals surface area (Å²) in [4.78, 5) is 4.20. The average molecular weight is 374 g/mol. The summed E-state index contributed by atoms with van der Waals surface area (Å²) in [5.41, 5.74) is 1.79. The van der Waals surface area contributed by atoms with Gasteiger partial charge < -0.3 is 14.6 Å². The molecule has 1 heterocycles. The third-order valence-electron chi connectivity index (χ3n) is 3.68. The number of halogens is 1. The van der Waals surface area contributed by atoms with Crippen LogP contribution in [0.25, 0.3) is 11.4 Å². The summed E-state index contributed by atoms with van der Waals surface area (Å²) in [7, 11) is 1.82. The molecule has 0 fully saturated rings. The Balaban J connectivity index is 1.43. The van der Waals surface area contributed by atoms with Crippen molar-refractivity contribution in [3.63, 3.8) is 0 Å². The van der Waals surface area contributed by atoms with Crippen molar-refractivity contribution >= 4 is 11.6 Å². The monoisotopic (exact) mass is 373 g/mol. The first-order chi connectivity index (χ1) is 12.6. The van der Waals surface area contributed by atoms with Gasteiger partial charge in [0.05, 0.1) is 13.2 Å². The number of aromatic nitrogens is 3. The first kappa shape index (κ1) is 18.4. The van der Waals surface area contributed by atoms with Crippen LogP contribution in [0, 0.1) is 0 Å². The molecule has 1 N–H and O–H groups in total. The van der Waals surface area contributed by atoms with Gasteiger partial charge in [-0.25, -0.2) is 4.98 Å². The summed E-state index contributed by atoms with van der Waals surface area (Å²) in [5.74, 6) is 1.32. The maximum atomic E-state index is 9.99. The van der Waals surface area contributed by atoms with Crippen LogP contribution < -0.4 is 4.74 Å². The largest absolute Gasteiger partial charge is 0.491 e. The van der Waals surface area contributed by atoms with Gasteiger partial charge in [-0.05, 0) is 35.9 Å². The SMILES string of the molecule is Cn1cnc(-c2ccc(OC[C@H](O)COCc3ccccc3Cl)cc2)n1. The fourth-order valence-electron chi connectivity index (χ4n) is 2.33. The van der Waals surface area contributed by atoms with Gasteiger partial charge in [0.1, 0.15) is 24.8 Å². The second-order valence-electron chi connectivity index (χ2n) is 5.84. The van der Waals surface area contributed by atoms with E-state index in [4.69, 9.17) is 21.1 Å². The van der Waals surface area contributed by atoms with Gasteiger partial charge in [-0.3, -0.25) is 4.68 Å². The standard InChI is InChI=1S/C19H20ClN3O3/c1-23-13-21-19(22-23)14-6-8-17(9-7-14)26-12-16(24)11-25-10-15-4-2-3-5-18(15)20/h2-9,13,16,24H,10-12H2,1H3/t16-/m1/s1. The number of ether oxygens (including phenoxy) is 2. The smallest absolute Gasteiger partial charge is 0.181 e. The summed E-state index contributed by atoms with van der Waals surface area (Å²) in [6.45, 7) is 0.660. The molecule has 7 heteroatoms. The van der Waals surface area contributed by atoms with Crippen LogP contribution in [0.1, 0.15) is 5.56 Å².